The first-order valence-electron chi connectivity index (χ1n) is 16.3. The summed E-state index contributed by atoms with van der Waals surface area (Å²) in [7, 11) is 0. The molecule has 8 heteroatoms. The van der Waals surface area contributed by atoms with Crippen molar-refractivity contribution in [3.8, 4) is 0 Å². The molecule has 2 fully saturated rings. The van der Waals surface area contributed by atoms with Crippen LogP contribution in [0, 0.1) is 23.7 Å². The number of aliphatic hydroxyl groups excluding tert-OH is 2. The lowest BCUT2D eigenvalue weighted by Crippen LogP contribution is -2.55. The van der Waals surface area contributed by atoms with Crippen molar-refractivity contribution in [3.63, 3.8) is 0 Å². The van der Waals surface area contributed by atoms with Crippen LogP contribution in [-0.4, -0.2) is 67.8 Å². The maximum absolute atomic E-state index is 13.9. The molecule has 0 aromatic carbocycles. The number of carboxylic acids is 1. The van der Waals surface area contributed by atoms with E-state index >= 15 is 0 Å². The number of carbonyl (C=O) groups excluding carboxylic acids is 1. The fraction of sp³-hybridized carbons (Fsp3) is 0.824. The van der Waals surface area contributed by atoms with E-state index in [-0.39, 0.29) is 53.2 Å². The van der Waals surface area contributed by atoms with Gasteiger partial charge in [-0.2, -0.15) is 0 Å². The summed E-state index contributed by atoms with van der Waals surface area (Å²) in [6, 6.07) is 0. The topological polar surface area (TPSA) is 134 Å². The van der Waals surface area contributed by atoms with Crippen LogP contribution in [0.5, 0.6) is 0 Å². The average molecular weight is 593 g/mol. The summed E-state index contributed by atoms with van der Waals surface area (Å²) >= 11 is 0. The smallest absolute Gasteiger partial charge is 0.339 e. The number of aliphatic carboxylic acids is 1. The SMILES string of the molecule is CC[C@@H](C(=O)[C@@H](C)[C@@H](O)[C@H](C)CCC1=C(C(=O)O)C(O)=C(C)CC1)[C@H]1O[C@](CC)([C@H]2CC[C@](O)(CC)[C@H](C)O2)C[C@@H]1C. The third-order valence-corrected chi connectivity index (χ3v) is 11.0. The van der Waals surface area contributed by atoms with Crippen molar-refractivity contribution in [1.29, 1.82) is 0 Å². The van der Waals surface area contributed by atoms with Crippen LogP contribution in [0.2, 0.25) is 0 Å². The van der Waals surface area contributed by atoms with E-state index in [0.717, 1.165) is 12.8 Å². The van der Waals surface area contributed by atoms with Crippen molar-refractivity contribution >= 4 is 11.8 Å². The van der Waals surface area contributed by atoms with Crippen molar-refractivity contribution in [3.05, 3.63) is 22.5 Å². The van der Waals surface area contributed by atoms with Gasteiger partial charge < -0.3 is 29.9 Å². The molecule has 42 heavy (non-hydrogen) atoms. The second kappa shape index (κ2) is 13.9. The summed E-state index contributed by atoms with van der Waals surface area (Å²) in [5.74, 6) is -2.33. The first-order chi connectivity index (χ1) is 19.7. The summed E-state index contributed by atoms with van der Waals surface area (Å²) < 4.78 is 13.3. The van der Waals surface area contributed by atoms with Crippen molar-refractivity contribution < 1.29 is 39.5 Å². The predicted octanol–water partition coefficient (Wildman–Crippen LogP) is 6.28. The molecule has 0 aromatic rings. The molecule has 0 bridgehead atoms. The number of carbonyl (C=O) groups is 2. The Morgan fingerprint density at radius 3 is 2.31 bits per heavy atom. The Balaban J connectivity index is 1.69. The van der Waals surface area contributed by atoms with Crippen molar-refractivity contribution in [2.24, 2.45) is 23.7 Å². The lowest BCUT2D eigenvalue weighted by molar-refractivity contribution is -0.229. The molecule has 3 aliphatic rings. The molecule has 0 radical (unpaired) electrons. The molecular formula is C34H56O8. The van der Waals surface area contributed by atoms with E-state index in [1.807, 2.05) is 27.7 Å². The molecule has 240 valence electrons. The Morgan fingerprint density at radius 1 is 1.10 bits per heavy atom. The first-order valence-corrected chi connectivity index (χ1v) is 16.3. The summed E-state index contributed by atoms with van der Waals surface area (Å²) in [6.07, 6.45) is 4.74. The Hall–Kier alpha value is -1.74. The zero-order valence-electron chi connectivity index (χ0n) is 27.1. The monoisotopic (exact) mass is 592 g/mol. The minimum Gasteiger partial charge on any atom is -0.507 e. The molecule has 10 atom stereocenters. The zero-order valence-corrected chi connectivity index (χ0v) is 27.1. The first kappa shape index (κ1) is 34.7. The third-order valence-electron chi connectivity index (χ3n) is 11.0. The van der Waals surface area contributed by atoms with Crippen LogP contribution >= 0.6 is 0 Å². The van der Waals surface area contributed by atoms with Gasteiger partial charge in [-0.1, -0.05) is 47.1 Å². The van der Waals surface area contributed by atoms with Gasteiger partial charge in [0.1, 0.15) is 17.1 Å². The molecule has 0 unspecified atom stereocenters. The fourth-order valence-corrected chi connectivity index (χ4v) is 7.75. The summed E-state index contributed by atoms with van der Waals surface area (Å²) in [4.78, 5) is 25.7. The summed E-state index contributed by atoms with van der Waals surface area (Å²) in [5.41, 5.74) is 0.0211. The fourth-order valence-electron chi connectivity index (χ4n) is 7.75. The predicted molar refractivity (Wildman–Crippen MR) is 162 cm³/mol. The summed E-state index contributed by atoms with van der Waals surface area (Å²) in [5, 5.41) is 42.2. The number of hydrogen-bond donors (Lipinski definition) is 4. The highest BCUT2D eigenvalue weighted by atomic mass is 16.6. The van der Waals surface area contributed by atoms with Crippen LogP contribution in [0.3, 0.4) is 0 Å². The van der Waals surface area contributed by atoms with Gasteiger partial charge in [-0.15, -0.1) is 0 Å². The summed E-state index contributed by atoms with van der Waals surface area (Å²) in [6.45, 7) is 15.6. The van der Waals surface area contributed by atoms with Gasteiger partial charge in [0.05, 0.1) is 35.6 Å². The molecule has 2 aliphatic heterocycles. The number of ether oxygens (including phenoxy) is 2. The highest BCUT2D eigenvalue weighted by Gasteiger charge is 2.55. The van der Waals surface area contributed by atoms with Crippen molar-refractivity contribution in [2.45, 2.75) is 155 Å². The van der Waals surface area contributed by atoms with Gasteiger partial charge in [-0.25, -0.2) is 4.79 Å². The van der Waals surface area contributed by atoms with Crippen LogP contribution in [0.15, 0.2) is 22.5 Å². The van der Waals surface area contributed by atoms with E-state index in [1.54, 1.807) is 13.8 Å². The van der Waals surface area contributed by atoms with Gasteiger partial charge >= 0.3 is 5.97 Å². The molecule has 0 amide bonds. The Bertz CT molecular complexity index is 1050. The van der Waals surface area contributed by atoms with Gasteiger partial charge in [-0.3, -0.25) is 4.79 Å². The number of rotatable bonds is 13. The van der Waals surface area contributed by atoms with Crippen LogP contribution in [0.25, 0.3) is 0 Å². The molecule has 3 rings (SSSR count). The van der Waals surface area contributed by atoms with E-state index in [0.29, 0.717) is 62.5 Å². The number of ketones is 1. The Kier molecular flexibility index (Phi) is 11.5. The maximum atomic E-state index is 13.9. The average Bonchev–Trinajstić information content (AvgIpc) is 3.31. The van der Waals surface area contributed by atoms with Gasteiger partial charge in [0.15, 0.2) is 0 Å². The number of Topliss-reactive ketones (excluding diaryl/α,β-unsaturated/α-hetero) is 1. The highest BCUT2D eigenvalue weighted by Crippen LogP contribution is 2.48. The second-order valence-electron chi connectivity index (χ2n) is 13.6. The van der Waals surface area contributed by atoms with E-state index in [9.17, 15) is 30.0 Å². The molecule has 4 N–H and O–H groups in total. The van der Waals surface area contributed by atoms with Gasteiger partial charge in [0.25, 0.3) is 0 Å². The molecule has 0 aromatic heterocycles. The standard InChI is InChI=1S/C34H56O8/c1-9-25(31-21(6)18-34(11-3,42-31)26-16-17-33(40,10-2)23(8)41-26)30(37)22(7)28(35)19(4)12-14-24-15-13-20(5)29(36)27(24)32(38)39/h19,21-23,25-26,28,31,35-36,40H,9-18H2,1-8H3,(H,38,39)/t19-,21+,22+,23+,25+,26-,28+,31+,33-,34+/m1/s1. The van der Waals surface area contributed by atoms with Crippen LogP contribution in [0.1, 0.15) is 120 Å². The number of carboxylic acid groups (broad SMARTS) is 1. The van der Waals surface area contributed by atoms with E-state index in [4.69, 9.17) is 9.47 Å². The van der Waals surface area contributed by atoms with Gasteiger partial charge in [-0.05, 0) is 95.5 Å². The number of allylic oxidation sites excluding steroid dienone is 2. The van der Waals surface area contributed by atoms with Crippen LogP contribution in [0.4, 0.5) is 0 Å². The molecule has 2 saturated heterocycles. The highest BCUT2D eigenvalue weighted by molar-refractivity contribution is 5.92. The Morgan fingerprint density at radius 2 is 1.76 bits per heavy atom. The molecule has 0 saturated carbocycles. The lowest BCUT2D eigenvalue weighted by atomic mass is 9.76. The Labute approximate surface area is 252 Å². The maximum Gasteiger partial charge on any atom is 0.339 e. The largest absolute Gasteiger partial charge is 0.507 e. The minimum atomic E-state index is -1.13. The molecule has 2 heterocycles. The van der Waals surface area contributed by atoms with Crippen molar-refractivity contribution in [1.82, 2.24) is 0 Å². The second-order valence-corrected chi connectivity index (χ2v) is 13.6. The molecular weight excluding hydrogens is 536 g/mol. The quantitative estimate of drug-likeness (QED) is 0.196. The molecule has 8 nitrogen and oxygen atoms in total. The normalized spacial score (nSPS) is 35.2. The minimum absolute atomic E-state index is 0.00167. The van der Waals surface area contributed by atoms with E-state index < -0.39 is 29.2 Å². The van der Waals surface area contributed by atoms with Gasteiger partial charge in [0, 0.05) is 11.8 Å². The van der Waals surface area contributed by atoms with E-state index in [1.165, 1.54) is 0 Å². The van der Waals surface area contributed by atoms with Gasteiger partial charge in [0.2, 0.25) is 0 Å². The van der Waals surface area contributed by atoms with Crippen molar-refractivity contribution in [2.75, 3.05) is 0 Å². The number of aliphatic hydroxyl groups is 3. The van der Waals surface area contributed by atoms with Crippen LogP contribution < -0.4 is 0 Å². The molecule has 1 aliphatic carbocycles. The zero-order chi connectivity index (χ0) is 31.6. The van der Waals surface area contributed by atoms with Crippen LogP contribution in [-0.2, 0) is 19.1 Å². The number of hydrogen-bond acceptors (Lipinski definition) is 7. The third kappa shape index (κ3) is 6.82. The lowest BCUT2D eigenvalue weighted by Gasteiger charge is -2.47. The molecule has 0 spiro atoms. The van der Waals surface area contributed by atoms with E-state index in [2.05, 4.69) is 13.8 Å².